The van der Waals surface area contributed by atoms with Crippen LogP contribution in [0.2, 0.25) is 5.02 Å². The topological polar surface area (TPSA) is 48.0 Å². The minimum Gasteiger partial charge on any atom is -0.493 e. The first-order chi connectivity index (χ1) is 15.1. The summed E-state index contributed by atoms with van der Waals surface area (Å²) >= 11 is 5.95. The van der Waals surface area contributed by atoms with Gasteiger partial charge in [-0.15, -0.1) is 0 Å². The third kappa shape index (κ3) is 4.62. The van der Waals surface area contributed by atoms with Crippen molar-refractivity contribution in [3.8, 4) is 17.2 Å². The summed E-state index contributed by atoms with van der Waals surface area (Å²) in [6.07, 6.45) is 0.759. The van der Waals surface area contributed by atoms with E-state index in [1.807, 2.05) is 65.6 Å². The molecule has 1 amide bonds. The van der Waals surface area contributed by atoms with Crippen LogP contribution < -0.4 is 14.2 Å². The van der Waals surface area contributed by atoms with E-state index >= 15 is 0 Å². The molecule has 0 fully saturated rings. The molecule has 0 saturated heterocycles. The molecule has 0 bridgehead atoms. The van der Waals surface area contributed by atoms with Gasteiger partial charge in [0.05, 0.1) is 19.8 Å². The van der Waals surface area contributed by atoms with E-state index in [4.69, 9.17) is 25.8 Å². The maximum absolute atomic E-state index is 13.3. The van der Waals surface area contributed by atoms with E-state index in [9.17, 15) is 4.79 Å². The highest BCUT2D eigenvalue weighted by Gasteiger charge is 2.25. The maximum atomic E-state index is 13.3. The molecule has 0 radical (unpaired) electrons. The Morgan fingerprint density at radius 1 is 0.935 bits per heavy atom. The van der Waals surface area contributed by atoms with Gasteiger partial charge in [0, 0.05) is 18.1 Å². The first-order valence-electron chi connectivity index (χ1n) is 10.1. The number of halogens is 1. The van der Waals surface area contributed by atoms with Crippen LogP contribution in [0.15, 0.2) is 60.7 Å². The summed E-state index contributed by atoms with van der Waals surface area (Å²) in [5.74, 6) is 1.90. The number of fused-ring (bicyclic) bond motifs is 1. The van der Waals surface area contributed by atoms with Crippen molar-refractivity contribution in [2.45, 2.75) is 19.6 Å². The van der Waals surface area contributed by atoms with Gasteiger partial charge in [0.25, 0.3) is 5.91 Å². The predicted octanol–water partition coefficient (Wildman–Crippen LogP) is 5.13. The molecule has 1 aliphatic heterocycles. The van der Waals surface area contributed by atoms with Crippen LogP contribution in [-0.4, -0.2) is 31.6 Å². The van der Waals surface area contributed by atoms with E-state index in [0.717, 1.165) is 17.5 Å². The summed E-state index contributed by atoms with van der Waals surface area (Å²) in [6.45, 7) is 1.51. The van der Waals surface area contributed by atoms with Crippen molar-refractivity contribution in [3.05, 3.63) is 87.9 Å². The number of para-hydroxylation sites is 1. The van der Waals surface area contributed by atoms with Gasteiger partial charge in [0.1, 0.15) is 12.4 Å². The lowest BCUT2D eigenvalue weighted by Gasteiger charge is -2.30. The van der Waals surface area contributed by atoms with E-state index in [1.54, 1.807) is 14.2 Å². The number of amides is 1. The van der Waals surface area contributed by atoms with Crippen LogP contribution in [0.25, 0.3) is 0 Å². The van der Waals surface area contributed by atoms with Crippen LogP contribution in [0.4, 0.5) is 0 Å². The summed E-state index contributed by atoms with van der Waals surface area (Å²) in [5.41, 5.74) is 3.78. The van der Waals surface area contributed by atoms with Gasteiger partial charge in [0.15, 0.2) is 11.5 Å². The summed E-state index contributed by atoms with van der Waals surface area (Å²) in [4.78, 5) is 15.2. The van der Waals surface area contributed by atoms with Gasteiger partial charge in [0.2, 0.25) is 0 Å². The van der Waals surface area contributed by atoms with Crippen molar-refractivity contribution in [1.29, 1.82) is 0 Å². The Hall–Kier alpha value is -3.18. The highest BCUT2D eigenvalue weighted by atomic mass is 35.5. The molecule has 0 spiro atoms. The molecular weight excluding hydrogens is 414 g/mol. The molecule has 1 heterocycles. The third-order valence-electron chi connectivity index (χ3n) is 5.43. The van der Waals surface area contributed by atoms with Crippen molar-refractivity contribution in [2.75, 3.05) is 20.8 Å². The van der Waals surface area contributed by atoms with E-state index in [1.165, 1.54) is 5.56 Å². The average Bonchev–Trinajstić information content (AvgIpc) is 2.82. The number of methoxy groups -OCH3 is 2. The third-order valence-corrected chi connectivity index (χ3v) is 5.68. The van der Waals surface area contributed by atoms with Crippen molar-refractivity contribution >= 4 is 17.5 Å². The second-order valence-electron chi connectivity index (χ2n) is 7.36. The van der Waals surface area contributed by atoms with Crippen LogP contribution >= 0.6 is 11.6 Å². The standard InChI is InChI=1S/C25H24ClNO4/c1-29-23-13-18-11-12-27(15-19(18)14-24(23)30-2)25(28)21-5-3-4-6-22(21)31-16-17-7-9-20(26)10-8-17/h3-10,13-14H,11-12,15-16H2,1-2H3. The highest BCUT2D eigenvalue weighted by molar-refractivity contribution is 6.30. The summed E-state index contributed by atoms with van der Waals surface area (Å²) in [5, 5.41) is 0.680. The first kappa shape index (κ1) is 21.1. The maximum Gasteiger partial charge on any atom is 0.257 e. The van der Waals surface area contributed by atoms with Gasteiger partial charge in [-0.3, -0.25) is 4.79 Å². The number of benzene rings is 3. The molecule has 3 aromatic rings. The lowest BCUT2D eigenvalue weighted by atomic mass is 9.98. The molecule has 3 aromatic carbocycles. The molecule has 31 heavy (non-hydrogen) atoms. The van der Waals surface area contributed by atoms with Gasteiger partial charge in [-0.25, -0.2) is 0 Å². The van der Waals surface area contributed by atoms with Crippen LogP contribution in [0.3, 0.4) is 0 Å². The summed E-state index contributed by atoms with van der Waals surface area (Å²) in [6, 6.07) is 18.8. The molecule has 0 atom stereocenters. The van der Waals surface area contributed by atoms with E-state index in [2.05, 4.69) is 0 Å². The van der Waals surface area contributed by atoms with E-state index in [-0.39, 0.29) is 5.91 Å². The molecule has 5 nitrogen and oxygen atoms in total. The number of carbonyl (C=O) groups is 1. The lowest BCUT2D eigenvalue weighted by molar-refractivity contribution is 0.0729. The van der Waals surface area contributed by atoms with Crippen molar-refractivity contribution in [1.82, 2.24) is 4.90 Å². The number of carbonyl (C=O) groups excluding carboxylic acids is 1. The Balaban J connectivity index is 1.52. The van der Waals surface area contributed by atoms with Crippen LogP contribution in [-0.2, 0) is 19.6 Å². The minimum absolute atomic E-state index is 0.0489. The van der Waals surface area contributed by atoms with Crippen LogP contribution in [0, 0.1) is 0 Å². The van der Waals surface area contributed by atoms with Crippen molar-refractivity contribution < 1.29 is 19.0 Å². The number of hydrogen-bond donors (Lipinski definition) is 0. The Labute approximate surface area is 187 Å². The van der Waals surface area contributed by atoms with Crippen LogP contribution in [0.1, 0.15) is 27.0 Å². The fraction of sp³-hybridized carbons (Fsp3) is 0.240. The van der Waals surface area contributed by atoms with Gasteiger partial charge in [-0.05, 0) is 59.5 Å². The normalized spacial score (nSPS) is 12.8. The second-order valence-corrected chi connectivity index (χ2v) is 7.80. The van der Waals surface area contributed by atoms with Crippen molar-refractivity contribution in [2.24, 2.45) is 0 Å². The smallest absolute Gasteiger partial charge is 0.257 e. The molecule has 160 valence electrons. The second kappa shape index (κ2) is 9.31. The van der Waals surface area contributed by atoms with Gasteiger partial charge in [-0.2, -0.15) is 0 Å². The molecule has 0 N–H and O–H groups in total. The molecule has 1 aliphatic rings. The largest absolute Gasteiger partial charge is 0.493 e. The number of rotatable bonds is 6. The molecule has 4 rings (SSSR count). The molecule has 6 heteroatoms. The number of ether oxygens (including phenoxy) is 3. The summed E-state index contributed by atoms with van der Waals surface area (Å²) < 4.78 is 16.8. The molecule has 0 saturated carbocycles. The molecule has 0 aromatic heterocycles. The fourth-order valence-corrected chi connectivity index (χ4v) is 3.86. The zero-order valence-corrected chi connectivity index (χ0v) is 18.3. The minimum atomic E-state index is -0.0489. The monoisotopic (exact) mass is 437 g/mol. The lowest BCUT2D eigenvalue weighted by Crippen LogP contribution is -2.36. The fourth-order valence-electron chi connectivity index (χ4n) is 3.74. The van der Waals surface area contributed by atoms with Gasteiger partial charge < -0.3 is 19.1 Å². The van der Waals surface area contributed by atoms with Crippen LogP contribution in [0.5, 0.6) is 17.2 Å². The number of hydrogen-bond acceptors (Lipinski definition) is 4. The Morgan fingerprint density at radius 3 is 2.32 bits per heavy atom. The van der Waals surface area contributed by atoms with Crippen molar-refractivity contribution in [3.63, 3.8) is 0 Å². The SMILES string of the molecule is COc1cc2c(cc1OC)CN(C(=O)c1ccccc1OCc1ccc(Cl)cc1)CC2. The average molecular weight is 438 g/mol. The Kier molecular flexibility index (Phi) is 6.33. The van der Waals surface area contributed by atoms with Gasteiger partial charge >= 0.3 is 0 Å². The highest BCUT2D eigenvalue weighted by Crippen LogP contribution is 2.34. The zero-order valence-electron chi connectivity index (χ0n) is 17.6. The molecule has 0 aliphatic carbocycles. The first-order valence-corrected chi connectivity index (χ1v) is 10.5. The summed E-state index contributed by atoms with van der Waals surface area (Å²) in [7, 11) is 3.24. The number of nitrogens with zero attached hydrogens (tertiary/aromatic N) is 1. The molecular formula is C25H24ClNO4. The van der Waals surface area contributed by atoms with E-state index < -0.39 is 0 Å². The predicted molar refractivity (Wildman–Crippen MR) is 120 cm³/mol. The quantitative estimate of drug-likeness (QED) is 0.536. The molecule has 0 unspecified atom stereocenters. The van der Waals surface area contributed by atoms with Gasteiger partial charge in [-0.1, -0.05) is 35.9 Å². The Bertz CT molecular complexity index is 1080. The van der Waals surface area contributed by atoms with E-state index in [0.29, 0.717) is 47.5 Å². The Morgan fingerprint density at radius 2 is 1.61 bits per heavy atom. The zero-order chi connectivity index (χ0) is 21.8.